The van der Waals surface area contributed by atoms with Crippen molar-refractivity contribution in [3.05, 3.63) is 47.0 Å². The van der Waals surface area contributed by atoms with E-state index in [0.29, 0.717) is 24.7 Å². The van der Waals surface area contributed by atoms with Gasteiger partial charge in [0.25, 0.3) is 5.19 Å². The summed E-state index contributed by atoms with van der Waals surface area (Å²) in [4.78, 5) is 18.0. The quantitative estimate of drug-likeness (QED) is 0.853. The number of hydrogen-bond acceptors (Lipinski definition) is 4. The number of thiazole rings is 1. The lowest BCUT2D eigenvalue weighted by Gasteiger charge is -2.38. The summed E-state index contributed by atoms with van der Waals surface area (Å²) < 4.78 is 5.66. The van der Waals surface area contributed by atoms with Gasteiger partial charge in [-0.3, -0.25) is 4.79 Å². The minimum atomic E-state index is 0.0964. The lowest BCUT2D eigenvalue weighted by atomic mass is 10.1. The molecule has 0 unspecified atom stereocenters. The predicted molar refractivity (Wildman–Crippen MR) is 82.6 cm³/mol. The Morgan fingerprint density at radius 3 is 3.05 bits per heavy atom. The maximum absolute atomic E-state index is 12.1. The van der Waals surface area contributed by atoms with E-state index in [4.69, 9.17) is 4.74 Å². The van der Waals surface area contributed by atoms with Gasteiger partial charge in [0.2, 0.25) is 5.91 Å². The van der Waals surface area contributed by atoms with Crippen LogP contribution in [-0.2, 0) is 11.2 Å². The molecule has 1 aliphatic heterocycles. The summed E-state index contributed by atoms with van der Waals surface area (Å²) in [5.74, 6) is 0.204. The summed E-state index contributed by atoms with van der Waals surface area (Å²) in [5, 5.41) is 2.57. The van der Waals surface area contributed by atoms with Crippen LogP contribution in [0, 0.1) is 6.92 Å². The molecule has 1 fully saturated rings. The van der Waals surface area contributed by atoms with Gasteiger partial charge in [-0.25, -0.2) is 4.98 Å². The van der Waals surface area contributed by atoms with E-state index >= 15 is 0 Å². The van der Waals surface area contributed by atoms with Gasteiger partial charge < -0.3 is 9.64 Å². The highest BCUT2D eigenvalue weighted by Gasteiger charge is 2.32. The number of hydrogen-bond donors (Lipinski definition) is 0. The Morgan fingerprint density at radius 1 is 1.48 bits per heavy atom. The van der Waals surface area contributed by atoms with Gasteiger partial charge in [-0.1, -0.05) is 41.2 Å². The third-order valence-electron chi connectivity index (χ3n) is 3.59. The SMILES string of the molecule is Cc1cccc(CCC(=O)N2CC(Oc3nccs3)C2)c1. The first-order valence-electron chi connectivity index (χ1n) is 7.10. The predicted octanol–water partition coefficient (Wildman–Crippen LogP) is 2.67. The number of nitrogens with zero attached hydrogens (tertiary/aromatic N) is 2. The van der Waals surface area contributed by atoms with Crippen LogP contribution in [0.5, 0.6) is 5.19 Å². The van der Waals surface area contributed by atoms with Crippen molar-refractivity contribution >= 4 is 17.2 Å². The van der Waals surface area contributed by atoms with Crippen LogP contribution in [0.4, 0.5) is 0 Å². The lowest BCUT2D eigenvalue weighted by molar-refractivity contribution is -0.139. The van der Waals surface area contributed by atoms with Gasteiger partial charge in [0.05, 0.1) is 13.1 Å². The first-order valence-corrected chi connectivity index (χ1v) is 7.98. The van der Waals surface area contributed by atoms with Crippen molar-refractivity contribution in [3.8, 4) is 5.19 Å². The second-order valence-electron chi connectivity index (χ2n) is 5.33. The average molecular weight is 302 g/mol. The molecule has 1 aromatic heterocycles. The van der Waals surface area contributed by atoms with Crippen LogP contribution in [0.3, 0.4) is 0 Å². The van der Waals surface area contributed by atoms with Crippen molar-refractivity contribution in [2.75, 3.05) is 13.1 Å². The maximum Gasteiger partial charge on any atom is 0.273 e. The molecule has 5 heteroatoms. The Balaban J connectivity index is 1.41. The molecule has 2 aromatic rings. The van der Waals surface area contributed by atoms with Crippen LogP contribution >= 0.6 is 11.3 Å². The van der Waals surface area contributed by atoms with Gasteiger partial charge in [0, 0.05) is 18.0 Å². The van der Waals surface area contributed by atoms with E-state index in [0.717, 1.165) is 6.42 Å². The Labute approximate surface area is 128 Å². The van der Waals surface area contributed by atoms with Crippen LogP contribution in [0.2, 0.25) is 0 Å². The van der Waals surface area contributed by atoms with Crippen molar-refractivity contribution in [3.63, 3.8) is 0 Å². The van der Waals surface area contributed by atoms with E-state index in [1.807, 2.05) is 16.3 Å². The van der Waals surface area contributed by atoms with Crippen molar-refractivity contribution in [2.24, 2.45) is 0 Å². The van der Waals surface area contributed by atoms with Crippen molar-refractivity contribution in [1.82, 2.24) is 9.88 Å². The molecule has 0 aliphatic carbocycles. The maximum atomic E-state index is 12.1. The van der Waals surface area contributed by atoms with Gasteiger partial charge >= 0.3 is 0 Å². The Bertz CT molecular complexity index is 606. The van der Waals surface area contributed by atoms with Gasteiger partial charge in [0.1, 0.15) is 6.10 Å². The second kappa shape index (κ2) is 6.26. The lowest BCUT2D eigenvalue weighted by Crippen LogP contribution is -2.56. The molecule has 0 spiro atoms. The minimum Gasteiger partial charge on any atom is -0.463 e. The molecule has 0 N–H and O–H groups in total. The molecule has 21 heavy (non-hydrogen) atoms. The molecule has 3 rings (SSSR count). The van der Waals surface area contributed by atoms with Crippen LogP contribution in [0.15, 0.2) is 35.8 Å². The molecule has 1 amide bonds. The van der Waals surface area contributed by atoms with E-state index in [2.05, 4.69) is 30.1 Å². The molecule has 4 nitrogen and oxygen atoms in total. The Kier molecular flexibility index (Phi) is 4.20. The average Bonchev–Trinajstić information content (AvgIpc) is 2.93. The van der Waals surface area contributed by atoms with E-state index in [9.17, 15) is 4.79 Å². The van der Waals surface area contributed by atoms with Crippen molar-refractivity contribution < 1.29 is 9.53 Å². The number of benzene rings is 1. The minimum absolute atomic E-state index is 0.0964. The monoisotopic (exact) mass is 302 g/mol. The summed E-state index contributed by atoms with van der Waals surface area (Å²) in [6, 6.07) is 8.32. The van der Waals surface area contributed by atoms with Crippen molar-refractivity contribution in [1.29, 1.82) is 0 Å². The first-order chi connectivity index (χ1) is 10.2. The van der Waals surface area contributed by atoms with E-state index in [1.165, 1.54) is 22.5 Å². The fourth-order valence-corrected chi connectivity index (χ4v) is 2.96. The van der Waals surface area contributed by atoms with Crippen LogP contribution in [-0.4, -0.2) is 35.0 Å². The molecule has 0 saturated carbocycles. The first kappa shape index (κ1) is 14.1. The molecule has 1 aromatic carbocycles. The summed E-state index contributed by atoms with van der Waals surface area (Å²) in [5.41, 5.74) is 2.46. The number of rotatable bonds is 5. The number of aryl methyl sites for hydroxylation is 2. The molecule has 0 atom stereocenters. The molecule has 2 heterocycles. The zero-order valence-electron chi connectivity index (χ0n) is 12.0. The van der Waals surface area contributed by atoms with Gasteiger partial charge in [-0.2, -0.15) is 0 Å². The van der Waals surface area contributed by atoms with Crippen LogP contribution < -0.4 is 4.74 Å². The molecule has 1 aliphatic rings. The largest absolute Gasteiger partial charge is 0.463 e. The number of carbonyl (C=O) groups is 1. The third-order valence-corrected chi connectivity index (χ3v) is 4.25. The zero-order chi connectivity index (χ0) is 14.7. The summed E-state index contributed by atoms with van der Waals surface area (Å²) in [6.07, 6.45) is 3.19. The van der Waals surface area contributed by atoms with E-state index in [-0.39, 0.29) is 12.0 Å². The standard InChI is InChI=1S/C16H18N2O2S/c1-12-3-2-4-13(9-12)5-6-15(19)18-10-14(11-18)20-16-17-7-8-21-16/h2-4,7-9,14H,5-6,10-11H2,1H3. The number of likely N-dealkylation sites (tertiary alicyclic amines) is 1. The van der Waals surface area contributed by atoms with Crippen LogP contribution in [0.25, 0.3) is 0 Å². The summed E-state index contributed by atoms with van der Waals surface area (Å²) in [7, 11) is 0. The topological polar surface area (TPSA) is 42.4 Å². The van der Waals surface area contributed by atoms with Gasteiger partial charge in [-0.15, -0.1) is 0 Å². The molecule has 0 radical (unpaired) electrons. The smallest absolute Gasteiger partial charge is 0.273 e. The van der Waals surface area contributed by atoms with Gasteiger partial charge in [0.15, 0.2) is 0 Å². The molecule has 110 valence electrons. The zero-order valence-corrected chi connectivity index (χ0v) is 12.8. The Hall–Kier alpha value is -1.88. The number of carbonyl (C=O) groups excluding carboxylic acids is 1. The molecular formula is C16H18N2O2S. The fraction of sp³-hybridized carbons (Fsp3) is 0.375. The number of amides is 1. The van der Waals surface area contributed by atoms with E-state index in [1.54, 1.807) is 6.20 Å². The fourth-order valence-electron chi connectivity index (χ4n) is 2.40. The van der Waals surface area contributed by atoms with Gasteiger partial charge in [-0.05, 0) is 18.9 Å². The third kappa shape index (κ3) is 3.61. The number of aromatic nitrogens is 1. The molecular weight excluding hydrogens is 284 g/mol. The molecule has 1 saturated heterocycles. The number of ether oxygens (including phenoxy) is 1. The van der Waals surface area contributed by atoms with Crippen molar-refractivity contribution in [2.45, 2.75) is 25.9 Å². The Morgan fingerprint density at radius 2 is 2.33 bits per heavy atom. The highest BCUT2D eigenvalue weighted by atomic mass is 32.1. The highest BCUT2D eigenvalue weighted by Crippen LogP contribution is 2.21. The highest BCUT2D eigenvalue weighted by molar-refractivity contribution is 7.11. The molecule has 0 bridgehead atoms. The van der Waals surface area contributed by atoms with Crippen LogP contribution in [0.1, 0.15) is 17.5 Å². The summed E-state index contributed by atoms with van der Waals surface area (Å²) >= 11 is 1.48. The normalized spacial score (nSPS) is 14.8. The summed E-state index contributed by atoms with van der Waals surface area (Å²) in [6.45, 7) is 3.42. The second-order valence-corrected chi connectivity index (χ2v) is 6.18. The van der Waals surface area contributed by atoms with E-state index < -0.39 is 0 Å².